The highest BCUT2D eigenvalue weighted by Gasteiger charge is 2.19. The van der Waals surface area contributed by atoms with Crippen LogP contribution in [0.5, 0.6) is 0 Å². The number of carbonyl (C=O) groups excluding carboxylic acids is 1. The van der Waals surface area contributed by atoms with Crippen LogP contribution in [0.4, 0.5) is 0 Å². The lowest BCUT2D eigenvalue weighted by Gasteiger charge is -2.27. The van der Waals surface area contributed by atoms with Gasteiger partial charge in [-0.05, 0) is 50.5 Å². The minimum absolute atomic E-state index is 0.00470. The van der Waals surface area contributed by atoms with Gasteiger partial charge < -0.3 is 10.0 Å². The van der Waals surface area contributed by atoms with Crippen LogP contribution in [0.1, 0.15) is 48.7 Å². The van der Waals surface area contributed by atoms with Crippen molar-refractivity contribution in [2.45, 2.75) is 40.2 Å². The Bertz CT molecular complexity index is 547. The molecule has 0 saturated heterocycles. The van der Waals surface area contributed by atoms with E-state index in [9.17, 15) is 9.59 Å². The van der Waals surface area contributed by atoms with E-state index in [2.05, 4.69) is 0 Å². The van der Waals surface area contributed by atoms with Crippen LogP contribution < -0.4 is 0 Å². The number of aryl methyl sites for hydroxylation is 1. The summed E-state index contributed by atoms with van der Waals surface area (Å²) in [6.07, 6.45) is 3.48. The molecule has 0 fully saturated rings. The number of nitrogens with zero attached hydrogens (tertiary/aromatic N) is 1. The molecule has 0 atom stereocenters. The van der Waals surface area contributed by atoms with Gasteiger partial charge in [-0.1, -0.05) is 19.1 Å². The van der Waals surface area contributed by atoms with Crippen molar-refractivity contribution in [2.75, 3.05) is 6.54 Å². The van der Waals surface area contributed by atoms with Gasteiger partial charge in [-0.25, -0.2) is 4.79 Å². The molecular weight excluding hydrogens is 266 g/mol. The third kappa shape index (κ3) is 4.74. The molecule has 4 heteroatoms. The first-order valence-corrected chi connectivity index (χ1v) is 7.19. The largest absolute Gasteiger partial charge is 0.478 e. The number of amides is 1. The minimum Gasteiger partial charge on any atom is -0.478 e. The Morgan fingerprint density at radius 2 is 2.00 bits per heavy atom. The normalized spacial score (nSPS) is 11.1. The third-order valence-corrected chi connectivity index (χ3v) is 3.26. The molecule has 0 aliphatic rings. The van der Waals surface area contributed by atoms with E-state index in [1.54, 1.807) is 6.07 Å². The van der Waals surface area contributed by atoms with Crippen molar-refractivity contribution in [1.82, 2.24) is 4.90 Å². The molecule has 1 N–H and O–H groups in total. The van der Waals surface area contributed by atoms with E-state index < -0.39 is 5.97 Å². The van der Waals surface area contributed by atoms with E-state index in [1.807, 2.05) is 44.7 Å². The van der Waals surface area contributed by atoms with Crippen molar-refractivity contribution in [3.05, 3.63) is 41.0 Å². The highest BCUT2D eigenvalue weighted by Crippen LogP contribution is 2.17. The topological polar surface area (TPSA) is 57.6 Å². The standard InChI is InChI=1S/C17H23NO3/c1-5-10-18(12(2)3)17(21)15-11-14(7-6-13(15)4)8-9-16(19)20/h6-9,11-12H,5,10H2,1-4H3,(H,19,20). The van der Waals surface area contributed by atoms with Crippen LogP contribution in [-0.2, 0) is 4.79 Å². The molecule has 0 saturated carbocycles. The van der Waals surface area contributed by atoms with Crippen LogP contribution in [0, 0.1) is 6.92 Å². The summed E-state index contributed by atoms with van der Waals surface area (Å²) < 4.78 is 0. The fourth-order valence-corrected chi connectivity index (χ4v) is 2.13. The van der Waals surface area contributed by atoms with Crippen LogP contribution in [0.15, 0.2) is 24.3 Å². The van der Waals surface area contributed by atoms with Crippen LogP contribution in [0.25, 0.3) is 6.08 Å². The Morgan fingerprint density at radius 3 is 2.52 bits per heavy atom. The Balaban J connectivity index is 3.13. The molecule has 0 spiro atoms. The maximum absolute atomic E-state index is 12.7. The summed E-state index contributed by atoms with van der Waals surface area (Å²) in [6, 6.07) is 5.54. The molecule has 0 bridgehead atoms. The van der Waals surface area contributed by atoms with Gasteiger partial charge >= 0.3 is 5.97 Å². The van der Waals surface area contributed by atoms with E-state index in [1.165, 1.54) is 6.08 Å². The van der Waals surface area contributed by atoms with Gasteiger partial charge in [0.25, 0.3) is 5.91 Å². The zero-order chi connectivity index (χ0) is 16.0. The molecule has 4 nitrogen and oxygen atoms in total. The van der Waals surface area contributed by atoms with E-state index in [0.717, 1.165) is 18.1 Å². The average Bonchev–Trinajstić information content (AvgIpc) is 2.42. The summed E-state index contributed by atoms with van der Waals surface area (Å²) in [5, 5.41) is 8.68. The van der Waals surface area contributed by atoms with Gasteiger partial charge in [0, 0.05) is 24.2 Å². The second kappa shape index (κ2) is 7.62. The molecule has 1 aromatic carbocycles. The number of aliphatic carboxylic acids is 1. The van der Waals surface area contributed by atoms with Crippen molar-refractivity contribution in [3.63, 3.8) is 0 Å². The van der Waals surface area contributed by atoms with Crippen LogP contribution in [0.3, 0.4) is 0 Å². The first kappa shape index (κ1) is 17.0. The lowest BCUT2D eigenvalue weighted by atomic mass is 10.0. The van der Waals surface area contributed by atoms with E-state index >= 15 is 0 Å². The van der Waals surface area contributed by atoms with Crippen molar-refractivity contribution in [3.8, 4) is 0 Å². The molecular formula is C17H23NO3. The number of carboxylic acid groups (broad SMARTS) is 1. The number of benzene rings is 1. The quantitative estimate of drug-likeness (QED) is 0.817. The summed E-state index contributed by atoms with van der Waals surface area (Å²) >= 11 is 0. The lowest BCUT2D eigenvalue weighted by molar-refractivity contribution is -0.131. The predicted octanol–water partition coefficient (Wildman–Crippen LogP) is 3.35. The molecule has 0 aliphatic carbocycles. The van der Waals surface area contributed by atoms with E-state index in [4.69, 9.17) is 5.11 Å². The van der Waals surface area contributed by atoms with E-state index in [0.29, 0.717) is 17.7 Å². The smallest absolute Gasteiger partial charge is 0.328 e. The van der Waals surface area contributed by atoms with Gasteiger partial charge in [-0.3, -0.25) is 4.79 Å². The molecule has 0 heterocycles. The fourth-order valence-electron chi connectivity index (χ4n) is 2.13. The highest BCUT2D eigenvalue weighted by molar-refractivity contribution is 5.96. The van der Waals surface area contributed by atoms with Crippen LogP contribution in [0.2, 0.25) is 0 Å². The zero-order valence-electron chi connectivity index (χ0n) is 13.1. The van der Waals surface area contributed by atoms with Crippen molar-refractivity contribution >= 4 is 18.0 Å². The molecule has 1 amide bonds. The zero-order valence-corrected chi connectivity index (χ0v) is 13.1. The molecule has 1 rings (SSSR count). The van der Waals surface area contributed by atoms with Gasteiger partial charge in [0.05, 0.1) is 0 Å². The maximum Gasteiger partial charge on any atom is 0.328 e. The Morgan fingerprint density at radius 1 is 1.33 bits per heavy atom. The molecule has 114 valence electrons. The number of carbonyl (C=O) groups is 2. The van der Waals surface area contributed by atoms with Gasteiger partial charge in [-0.2, -0.15) is 0 Å². The lowest BCUT2D eigenvalue weighted by Crippen LogP contribution is -2.37. The summed E-state index contributed by atoms with van der Waals surface area (Å²) in [5.74, 6) is -1.01. The molecule has 21 heavy (non-hydrogen) atoms. The van der Waals surface area contributed by atoms with Crippen molar-refractivity contribution in [1.29, 1.82) is 0 Å². The second-order valence-corrected chi connectivity index (χ2v) is 5.34. The molecule has 0 aliphatic heterocycles. The first-order valence-electron chi connectivity index (χ1n) is 7.19. The van der Waals surface area contributed by atoms with E-state index in [-0.39, 0.29) is 11.9 Å². The predicted molar refractivity (Wildman–Crippen MR) is 84.3 cm³/mol. The number of hydrogen-bond acceptors (Lipinski definition) is 2. The van der Waals surface area contributed by atoms with Gasteiger partial charge in [0.15, 0.2) is 0 Å². The summed E-state index contributed by atoms with van der Waals surface area (Å²) in [6.45, 7) is 8.64. The minimum atomic E-state index is -1.00. The number of hydrogen-bond donors (Lipinski definition) is 1. The van der Waals surface area contributed by atoms with Gasteiger partial charge in [-0.15, -0.1) is 0 Å². The van der Waals surface area contributed by atoms with Crippen molar-refractivity contribution in [2.24, 2.45) is 0 Å². The molecule has 0 aromatic heterocycles. The molecule has 0 unspecified atom stereocenters. The molecule has 1 aromatic rings. The Hall–Kier alpha value is -2.10. The van der Waals surface area contributed by atoms with Crippen LogP contribution >= 0.6 is 0 Å². The summed E-state index contributed by atoms with van der Waals surface area (Å²) in [7, 11) is 0. The third-order valence-electron chi connectivity index (χ3n) is 3.26. The fraction of sp³-hybridized carbons (Fsp3) is 0.412. The Labute approximate surface area is 126 Å². The van der Waals surface area contributed by atoms with Crippen molar-refractivity contribution < 1.29 is 14.7 Å². The number of rotatable bonds is 6. The highest BCUT2D eigenvalue weighted by atomic mass is 16.4. The monoisotopic (exact) mass is 289 g/mol. The maximum atomic E-state index is 12.7. The molecule has 0 radical (unpaired) electrons. The van der Waals surface area contributed by atoms with Gasteiger partial charge in [0.1, 0.15) is 0 Å². The summed E-state index contributed by atoms with van der Waals surface area (Å²) in [5.41, 5.74) is 2.24. The van der Waals surface area contributed by atoms with Crippen LogP contribution in [-0.4, -0.2) is 34.5 Å². The van der Waals surface area contributed by atoms with Gasteiger partial charge in [0.2, 0.25) is 0 Å². The second-order valence-electron chi connectivity index (χ2n) is 5.34. The number of carboxylic acids is 1. The Kier molecular flexibility index (Phi) is 6.15. The average molecular weight is 289 g/mol. The first-order chi connectivity index (χ1) is 9.86. The summed E-state index contributed by atoms with van der Waals surface area (Å²) in [4.78, 5) is 25.1. The SMILES string of the molecule is CCCN(C(=O)c1cc(C=CC(=O)O)ccc1C)C(C)C.